The molecule has 0 aliphatic carbocycles. The molecule has 2 aromatic rings. The number of hydrogen-bond acceptors (Lipinski definition) is 3. The number of hydrogen-bond donors (Lipinski definition) is 1. The number of nitrogens with zero attached hydrogens (tertiary/aromatic N) is 1. The third kappa shape index (κ3) is 3.18. The molecule has 1 heterocycles. The molecule has 1 aliphatic heterocycles. The molecule has 1 amide bonds. The Labute approximate surface area is 135 Å². The molecule has 1 atom stereocenters. The van der Waals surface area contributed by atoms with E-state index in [9.17, 15) is 9.90 Å². The van der Waals surface area contributed by atoms with Gasteiger partial charge in [-0.15, -0.1) is 11.8 Å². The molecule has 0 saturated carbocycles. The Hall–Kier alpha value is -1.78. The minimum Gasteiger partial charge on any atom is -0.395 e. The Bertz CT molecular complexity index is 645. The molecule has 0 spiro atoms. The minimum atomic E-state index is -0.100. The molecule has 0 fully saturated rings. The molecule has 22 heavy (non-hydrogen) atoms. The van der Waals surface area contributed by atoms with Gasteiger partial charge in [0.2, 0.25) is 5.91 Å². The largest absolute Gasteiger partial charge is 0.395 e. The van der Waals surface area contributed by atoms with E-state index in [1.807, 2.05) is 48.5 Å². The van der Waals surface area contributed by atoms with E-state index < -0.39 is 0 Å². The Kier molecular flexibility index (Phi) is 4.80. The van der Waals surface area contributed by atoms with Crippen molar-refractivity contribution in [1.82, 2.24) is 4.90 Å². The Morgan fingerprint density at radius 2 is 1.86 bits per heavy atom. The highest BCUT2D eigenvalue weighted by molar-refractivity contribution is 7.99. The fraction of sp³-hybridized carbons (Fsp3) is 0.278. The molecule has 2 aromatic carbocycles. The summed E-state index contributed by atoms with van der Waals surface area (Å²) in [4.78, 5) is 15.9. The first kappa shape index (κ1) is 15.1. The maximum Gasteiger partial charge on any atom is 0.231 e. The number of fused-ring (bicyclic) bond motifs is 1. The quantitative estimate of drug-likeness (QED) is 0.923. The summed E-state index contributed by atoms with van der Waals surface area (Å²) in [6.45, 7) is 0.903. The van der Waals surface area contributed by atoms with Crippen LogP contribution in [0.3, 0.4) is 0 Å². The maximum atomic E-state index is 12.9. The van der Waals surface area contributed by atoms with Crippen LogP contribution in [0.15, 0.2) is 59.5 Å². The van der Waals surface area contributed by atoms with Crippen molar-refractivity contribution in [3.8, 4) is 0 Å². The van der Waals surface area contributed by atoms with Gasteiger partial charge in [0.05, 0.1) is 12.5 Å². The van der Waals surface area contributed by atoms with Crippen LogP contribution in [0.1, 0.15) is 17.0 Å². The molecule has 0 radical (unpaired) electrons. The van der Waals surface area contributed by atoms with Crippen LogP contribution in [-0.4, -0.2) is 34.8 Å². The van der Waals surface area contributed by atoms with Crippen molar-refractivity contribution in [2.45, 2.75) is 17.4 Å². The first-order chi connectivity index (χ1) is 10.8. The van der Waals surface area contributed by atoms with Crippen LogP contribution in [-0.2, 0) is 11.3 Å². The van der Waals surface area contributed by atoms with Gasteiger partial charge in [0.15, 0.2) is 0 Å². The second kappa shape index (κ2) is 6.99. The molecular formula is C18H19NO2S. The predicted molar refractivity (Wildman–Crippen MR) is 88.9 cm³/mol. The van der Waals surface area contributed by atoms with Crippen LogP contribution >= 0.6 is 11.8 Å². The second-order valence-corrected chi connectivity index (χ2v) is 6.43. The number of amides is 1. The van der Waals surface area contributed by atoms with Crippen molar-refractivity contribution in [1.29, 1.82) is 0 Å². The van der Waals surface area contributed by atoms with Gasteiger partial charge < -0.3 is 10.0 Å². The minimum absolute atomic E-state index is 0.0138. The molecule has 0 aromatic heterocycles. The van der Waals surface area contributed by atoms with Gasteiger partial charge in [-0.25, -0.2) is 0 Å². The Morgan fingerprint density at radius 3 is 2.64 bits per heavy atom. The highest BCUT2D eigenvalue weighted by atomic mass is 32.2. The summed E-state index contributed by atoms with van der Waals surface area (Å²) in [5, 5.41) is 9.30. The molecule has 114 valence electrons. The van der Waals surface area contributed by atoms with Gasteiger partial charge in [-0.1, -0.05) is 48.5 Å². The highest BCUT2D eigenvalue weighted by Crippen LogP contribution is 2.40. The van der Waals surface area contributed by atoms with Crippen LogP contribution in [0.4, 0.5) is 0 Å². The first-order valence-corrected chi connectivity index (χ1v) is 8.43. The Balaban J connectivity index is 1.79. The third-order valence-corrected chi connectivity index (χ3v) is 5.08. The summed E-state index contributed by atoms with van der Waals surface area (Å²) in [5.41, 5.74) is 2.21. The first-order valence-electron chi connectivity index (χ1n) is 7.45. The van der Waals surface area contributed by atoms with E-state index in [4.69, 9.17) is 0 Å². The molecule has 1 unspecified atom stereocenters. The number of thioether (sulfide) groups is 1. The standard InChI is InChI=1S/C18H19NO2S/c20-11-10-19(12-14-6-2-1-3-7-14)18(21)16-13-22-17-9-5-4-8-15(16)17/h1-9,16,20H,10-13H2. The zero-order chi connectivity index (χ0) is 15.4. The van der Waals surface area contributed by atoms with Gasteiger partial charge in [0.25, 0.3) is 0 Å². The van der Waals surface area contributed by atoms with Crippen molar-refractivity contribution in [2.75, 3.05) is 18.9 Å². The average molecular weight is 313 g/mol. The summed E-state index contributed by atoms with van der Waals surface area (Å²) in [7, 11) is 0. The van der Waals surface area contributed by atoms with Gasteiger partial charge in [-0.05, 0) is 17.2 Å². The van der Waals surface area contributed by atoms with E-state index in [0.29, 0.717) is 13.1 Å². The maximum absolute atomic E-state index is 12.9. The number of carbonyl (C=O) groups is 1. The number of rotatable bonds is 5. The monoisotopic (exact) mass is 313 g/mol. The highest BCUT2D eigenvalue weighted by Gasteiger charge is 2.32. The fourth-order valence-electron chi connectivity index (χ4n) is 2.78. The van der Waals surface area contributed by atoms with E-state index in [2.05, 4.69) is 6.07 Å². The number of aliphatic hydroxyl groups excluding tert-OH is 1. The fourth-order valence-corrected chi connectivity index (χ4v) is 4.00. The van der Waals surface area contributed by atoms with Crippen LogP contribution in [0.25, 0.3) is 0 Å². The summed E-state index contributed by atoms with van der Waals surface area (Å²) < 4.78 is 0. The number of benzene rings is 2. The molecule has 3 rings (SSSR count). The predicted octanol–water partition coefficient (Wildman–Crippen LogP) is 2.90. The zero-order valence-corrected chi connectivity index (χ0v) is 13.1. The van der Waals surface area contributed by atoms with Crippen molar-refractivity contribution in [3.05, 3.63) is 65.7 Å². The summed E-state index contributed by atoms with van der Waals surface area (Å²) >= 11 is 1.74. The molecule has 4 heteroatoms. The van der Waals surface area contributed by atoms with Crippen molar-refractivity contribution < 1.29 is 9.90 Å². The summed E-state index contributed by atoms with van der Waals surface area (Å²) in [6, 6.07) is 18.0. The van der Waals surface area contributed by atoms with E-state index in [1.54, 1.807) is 16.7 Å². The van der Waals surface area contributed by atoms with Crippen molar-refractivity contribution in [3.63, 3.8) is 0 Å². The van der Waals surface area contributed by atoms with Gasteiger partial charge in [0, 0.05) is 23.7 Å². The smallest absolute Gasteiger partial charge is 0.231 e. The average Bonchev–Trinajstić information content (AvgIpc) is 2.99. The molecule has 1 aliphatic rings. The number of carbonyl (C=O) groups excluding carboxylic acids is 1. The summed E-state index contributed by atoms with van der Waals surface area (Å²) in [5.74, 6) is 0.793. The van der Waals surface area contributed by atoms with Crippen molar-refractivity contribution >= 4 is 17.7 Å². The lowest BCUT2D eigenvalue weighted by Crippen LogP contribution is -2.36. The normalized spacial score (nSPS) is 16.3. The molecule has 1 N–H and O–H groups in total. The third-order valence-electron chi connectivity index (χ3n) is 3.90. The van der Waals surface area contributed by atoms with E-state index in [0.717, 1.165) is 16.9 Å². The molecule has 0 bridgehead atoms. The molecule has 3 nitrogen and oxygen atoms in total. The topological polar surface area (TPSA) is 40.5 Å². The van der Waals surface area contributed by atoms with E-state index in [1.165, 1.54) is 4.90 Å². The van der Waals surface area contributed by atoms with Crippen LogP contribution < -0.4 is 0 Å². The lowest BCUT2D eigenvalue weighted by atomic mass is 9.99. The van der Waals surface area contributed by atoms with E-state index >= 15 is 0 Å². The lowest BCUT2D eigenvalue weighted by molar-refractivity contribution is -0.133. The van der Waals surface area contributed by atoms with Crippen LogP contribution in [0.5, 0.6) is 0 Å². The summed E-state index contributed by atoms with van der Waals surface area (Å²) in [6.07, 6.45) is 0. The lowest BCUT2D eigenvalue weighted by Gasteiger charge is -2.25. The van der Waals surface area contributed by atoms with Crippen molar-refractivity contribution in [2.24, 2.45) is 0 Å². The SMILES string of the molecule is O=C(C1CSc2ccccc21)N(CCO)Cc1ccccc1. The van der Waals surface area contributed by atoms with Crippen LogP contribution in [0, 0.1) is 0 Å². The Morgan fingerprint density at radius 1 is 1.14 bits per heavy atom. The number of aliphatic hydroxyl groups is 1. The molecule has 0 saturated heterocycles. The van der Waals surface area contributed by atoms with Gasteiger partial charge in [0.1, 0.15) is 0 Å². The van der Waals surface area contributed by atoms with Gasteiger partial charge in [-0.3, -0.25) is 4.79 Å². The van der Waals surface area contributed by atoms with Gasteiger partial charge >= 0.3 is 0 Å². The van der Waals surface area contributed by atoms with Crippen LogP contribution in [0.2, 0.25) is 0 Å². The van der Waals surface area contributed by atoms with E-state index in [-0.39, 0.29) is 18.4 Å². The van der Waals surface area contributed by atoms with Gasteiger partial charge in [-0.2, -0.15) is 0 Å². The second-order valence-electron chi connectivity index (χ2n) is 5.37. The molecular weight excluding hydrogens is 294 g/mol. The zero-order valence-electron chi connectivity index (χ0n) is 12.3.